The molecular formula is C20H17NO5. The van der Waals surface area contributed by atoms with Crippen molar-refractivity contribution in [2.24, 2.45) is 0 Å². The summed E-state index contributed by atoms with van der Waals surface area (Å²) in [5.74, 6) is -0.393. The maximum Gasteiger partial charge on any atom is 0.337 e. The normalized spacial score (nSPS) is 12.3. The highest BCUT2D eigenvalue weighted by molar-refractivity contribution is 6.01. The van der Waals surface area contributed by atoms with Crippen LogP contribution in [0.5, 0.6) is 5.75 Å². The van der Waals surface area contributed by atoms with Crippen molar-refractivity contribution in [3.05, 3.63) is 65.2 Å². The summed E-state index contributed by atoms with van der Waals surface area (Å²) < 4.78 is 10.6. The van der Waals surface area contributed by atoms with Crippen LogP contribution in [0.1, 0.15) is 22.8 Å². The molecule has 1 aliphatic heterocycles. The number of esters is 1. The molecule has 3 rings (SSSR count). The zero-order chi connectivity index (χ0) is 18.5. The highest BCUT2D eigenvalue weighted by Gasteiger charge is 2.19. The molecule has 0 spiro atoms. The largest absolute Gasteiger partial charge is 0.488 e. The number of rotatable bonds is 5. The van der Waals surface area contributed by atoms with E-state index in [0.29, 0.717) is 22.6 Å². The van der Waals surface area contributed by atoms with Crippen LogP contribution in [-0.2, 0) is 14.3 Å². The Kier molecular flexibility index (Phi) is 5.12. The van der Waals surface area contributed by atoms with Gasteiger partial charge in [0.15, 0.2) is 12.4 Å². The zero-order valence-electron chi connectivity index (χ0n) is 14.2. The van der Waals surface area contributed by atoms with Crippen LogP contribution in [0.25, 0.3) is 6.08 Å². The minimum atomic E-state index is -0.581. The number of Topliss-reactive ketones (excluding diaryl/α,β-unsaturated/α-hetero) is 1. The molecule has 0 saturated heterocycles. The van der Waals surface area contributed by atoms with Crippen molar-refractivity contribution in [2.45, 2.75) is 6.92 Å². The lowest BCUT2D eigenvalue weighted by atomic mass is 10.1. The Bertz CT molecular complexity index is 883. The molecule has 2 aromatic carbocycles. The summed E-state index contributed by atoms with van der Waals surface area (Å²) in [7, 11) is 0. The predicted molar refractivity (Wildman–Crippen MR) is 95.9 cm³/mol. The number of nitrogens with one attached hydrogen (secondary N) is 1. The predicted octanol–water partition coefficient (Wildman–Crippen LogP) is 2.85. The fraction of sp³-hybridized carbons (Fsp3) is 0.150. The average molecular weight is 351 g/mol. The van der Waals surface area contributed by atoms with Gasteiger partial charge in [-0.25, -0.2) is 4.79 Å². The molecular weight excluding hydrogens is 334 g/mol. The molecule has 0 radical (unpaired) electrons. The molecule has 0 fully saturated rings. The Morgan fingerprint density at radius 3 is 2.54 bits per heavy atom. The van der Waals surface area contributed by atoms with E-state index in [2.05, 4.69) is 5.32 Å². The van der Waals surface area contributed by atoms with Gasteiger partial charge in [0.25, 0.3) is 0 Å². The summed E-state index contributed by atoms with van der Waals surface area (Å²) >= 11 is 0. The third kappa shape index (κ3) is 4.16. The third-order valence-electron chi connectivity index (χ3n) is 3.76. The monoisotopic (exact) mass is 351 g/mol. The molecule has 0 aliphatic carbocycles. The summed E-state index contributed by atoms with van der Waals surface area (Å²) in [5.41, 5.74) is 2.14. The Morgan fingerprint density at radius 1 is 1.08 bits per heavy atom. The van der Waals surface area contributed by atoms with Crippen LogP contribution < -0.4 is 10.1 Å². The molecule has 2 aromatic rings. The van der Waals surface area contributed by atoms with E-state index in [4.69, 9.17) is 9.47 Å². The summed E-state index contributed by atoms with van der Waals surface area (Å²) in [6, 6.07) is 13.7. The number of hydrogen-bond donors (Lipinski definition) is 1. The number of fused-ring (bicyclic) bond motifs is 1. The number of anilines is 1. The summed E-state index contributed by atoms with van der Waals surface area (Å²) in [6.45, 7) is 1.15. The zero-order valence-corrected chi connectivity index (χ0v) is 14.2. The average Bonchev–Trinajstić information content (AvgIpc) is 2.65. The van der Waals surface area contributed by atoms with Gasteiger partial charge >= 0.3 is 5.97 Å². The third-order valence-corrected chi connectivity index (χ3v) is 3.76. The smallest absolute Gasteiger partial charge is 0.337 e. The van der Waals surface area contributed by atoms with Crippen molar-refractivity contribution in [1.82, 2.24) is 0 Å². The van der Waals surface area contributed by atoms with Gasteiger partial charge in [0.1, 0.15) is 12.4 Å². The molecule has 1 amide bonds. The van der Waals surface area contributed by atoms with E-state index in [0.717, 1.165) is 5.56 Å². The Balaban J connectivity index is 1.58. The molecule has 0 aromatic heterocycles. The lowest BCUT2D eigenvalue weighted by Crippen LogP contribution is -2.20. The van der Waals surface area contributed by atoms with Crippen molar-refractivity contribution in [3.8, 4) is 5.75 Å². The minimum Gasteiger partial charge on any atom is -0.488 e. The molecule has 0 unspecified atom stereocenters. The SMILES string of the molecule is CC(=O)Nc1ccc(C(=O)COC(=O)C2=Cc3ccccc3OC2)cc1. The number of amides is 1. The quantitative estimate of drug-likeness (QED) is 0.662. The van der Waals surface area contributed by atoms with Crippen molar-refractivity contribution >= 4 is 29.4 Å². The van der Waals surface area contributed by atoms with Gasteiger partial charge < -0.3 is 14.8 Å². The van der Waals surface area contributed by atoms with E-state index >= 15 is 0 Å². The van der Waals surface area contributed by atoms with Gasteiger partial charge in [-0.1, -0.05) is 18.2 Å². The first-order valence-corrected chi connectivity index (χ1v) is 8.03. The number of hydrogen-bond acceptors (Lipinski definition) is 5. The van der Waals surface area contributed by atoms with Crippen LogP contribution in [-0.4, -0.2) is 30.9 Å². The van der Waals surface area contributed by atoms with Gasteiger partial charge in [-0.2, -0.15) is 0 Å². The number of para-hydroxylation sites is 1. The van der Waals surface area contributed by atoms with Crippen LogP contribution in [0.3, 0.4) is 0 Å². The van der Waals surface area contributed by atoms with E-state index in [1.165, 1.54) is 6.92 Å². The van der Waals surface area contributed by atoms with Crippen LogP contribution in [0.15, 0.2) is 54.1 Å². The second-order valence-electron chi connectivity index (χ2n) is 5.75. The minimum absolute atomic E-state index is 0.107. The molecule has 1 heterocycles. The lowest BCUT2D eigenvalue weighted by molar-refractivity contribution is -0.138. The molecule has 0 bridgehead atoms. The van der Waals surface area contributed by atoms with Crippen molar-refractivity contribution in [1.29, 1.82) is 0 Å². The van der Waals surface area contributed by atoms with Crippen molar-refractivity contribution < 1.29 is 23.9 Å². The summed E-state index contributed by atoms with van der Waals surface area (Å²) in [6.07, 6.45) is 1.70. The number of benzene rings is 2. The second-order valence-corrected chi connectivity index (χ2v) is 5.75. The summed E-state index contributed by atoms with van der Waals surface area (Å²) in [4.78, 5) is 35.3. The number of ketones is 1. The molecule has 6 heteroatoms. The Labute approximate surface area is 150 Å². The van der Waals surface area contributed by atoms with E-state index in [9.17, 15) is 14.4 Å². The first-order valence-electron chi connectivity index (χ1n) is 8.03. The van der Waals surface area contributed by atoms with E-state index in [1.54, 1.807) is 30.3 Å². The van der Waals surface area contributed by atoms with Crippen LogP contribution in [0.4, 0.5) is 5.69 Å². The Morgan fingerprint density at radius 2 is 1.81 bits per heavy atom. The molecule has 132 valence electrons. The maximum absolute atomic E-state index is 12.1. The van der Waals surface area contributed by atoms with Gasteiger partial charge in [0.2, 0.25) is 5.91 Å². The number of carbonyl (C=O) groups is 3. The van der Waals surface area contributed by atoms with Gasteiger partial charge in [-0.3, -0.25) is 9.59 Å². The van der Waals surface area contributed by atoms with Gasteiger partial charge in [0.05, 0.1) is 5.57 Å². The van der Waals surface area contributed by atoms with Gasteiger partial charge in [-0.15, -0.1) is 0 Å². The van der Waals surface area contributed by atoms with E-state index < -0.39 is 5.97 Å². The molecule has 0 atom stereocenters. The number of carbonyl (C=O) groups excluding carboxylic acids is 3. The second kappa shape index (κ2) is 7.65. The molecule has 6 nitrogen and oxygen atoms in total. The highest BCUT2D eigenvalue weighted by Crippen LogP contribution is 2.26. The van der Waals surface area contributed by atoms with Crippen molar-refractivity contribution in [2.75, 3.05) is 18.5 Å². The van der Waals surface area contributed by atoms with Gasteiger partial charge in [-0.05, 0) is 36.4 Å². The first kappa shape index (κ1) is 17.4. The molecule has 1 aliphatic rings. The Hall–Kier alpha value is -3.41. The maximum atomic E-state index is 12.1. The van der Waals surface area contributed by atoms with Crippen LogP contribution in [0.2, 0.25) is 0 Å². The van der Waals surface area contributed by atoms with Gasteiger partial charge in [0, 0.05) is 23.7 Å². The standard InChI is InChI=1S/C20H17NO5/c1-13(22)21-17-8-6-14(7-9-17)18(23)12-26-20(24)16-10-15-4-2-3-5-19(15)25-11-16/h2-10H,11-12H2,1H3,(H,21,22). The van der Waals surface area contributed by atoms with E-state index in [1.807, 2.05) is 24.3 Å². The lowest BCUT2D eigenvalue weighted by Gasteiger charge is -2.16. The summed E-state index contributed by atoms with van der Waals surface area (Å²) in [5, 5.41) is 2.62. The van der Waals surface area contributed by atoms with Crippen LogP contribution >= 0.6 is 0 Å². The first-order chi connectivity index (χ1) is 12.5. The fourth-order valence-electron chi connectivity index (χ4n) is 2.48. The van der Waals surface area contributed by atoms with E-state index in [-0.39, 0.29) is 24.9 Å². The molecule has 26 heavy (non-hydrogen) atoms. The van der Waals surface area contributed by atoms with Crippen molar-refractivity contribution in [3.63, 3.8) is 0 Å². The topological polar surface area (TPSA) is 81.7 Å². The highest BCUT2D eigenvalue weighted by atomic mass is 16.5. The molecule has 0 saturated carbocycles. The molecule has 1 N–H and O–H groups in total. The van der Waals surface area contributed by atoms with Crippen LogP contribution in [0, 0.1) is 0 Å². The number of ether oxygens (including phenoxy) is 2. The fourth-order valence-corrected chi connectivity index (χ4v) is 2.48.